The van der Waals surface area contributed by atoms with Crippen LogP contribution in [0.15, 0.2) is 16.8 Å². The number of carboxylic acid groups (broad SMARTS) is 1. The zero-order valence-electron chi connectivity index (χ0n) is 13.7. The first-order chi connectivity index (χ1) is 10.9. The summed E-state index contributed by atoms with van der Waals surface area (Å²) in [5, 5.41) is 31.5. The fourth-order valence-electron chi connectivity index (χ4n) is 3.32. The largest absolute Gasteiger partial charge is 1.00 e. The summed E-state index contributed by atoms with van der Waals surface area (Å²) in [4.78, 5) is 25.6. The van der Waals surface area contributed by atoms with Gasteiger partial charge >= 0.3 is 29.6 Å². The summed E-state index contributed by atoms with van der Waals surface area (Å²) in [5.74, 6) is -1.75. The Labute approximate surface area is 165 Å². The van der Waals surface area contributed by atoms with Gasteiger partial charge in [0, 0.05) is 23.0 Å². The van der Waals surface area contributed by atoms with Gasteiger partial charge < -0.3 is 19.9 Å². The van der Waals surface area contributed by atoms with Gasteiger partial charge in [-0.15, -0.1) is 11.8 Å². The van der Waals surface area contributed by atoms with Gasteiger partial charge in [-0.3, -0.25) is 4.79 Å². The molecule has 1 saturated heterocycles. The zero-order valence-corrected chi connectivity index (χ0v) is 16.5. The number of nitrogens with zero attached hydrogens (tertiary/aromatic N) is 3. The van der Waals surface area contributed by atoms with E-state index in [1.807, 2.05) is 6.92 Å². The summed E-state index contributed by atoms with van der Waals surface area (Å²) in [5.41, 5.74) is 0.745. The normalized spacial score (nSPS) is 26.7. The van der Waals surface area contributed by atoms with Crippen LogP contribution in [0, 0.1) is 11.8 Å². The van der Waals surface area contributed by atoms with Crippen molar-refractivity contribution in [2.45, 2.75) is 32.4 Å². The van der Waals surface area contributed by atoms with E-state index in [-0.39, 0.29) is 53.1 Å². The number of aliphatic hydroxyl groups is 1. The Balaban J connectivity index is 0.00000208. The number of aliphatic carboxylic acids is 1. The van der Waals surface area contributed by atoms with E-state index >= 15 is 0 Å². The SMILES string of the molecule is CC(O)C1C(=O)N2C(C(=O)[O-])=C(SCCc3cn[nH]n3)C(C)C12.[Na+]. The number of aromatic amines is 1. The molecule has 1 fully saturated rings. The van der Waals surface area contributed by atoms with E-state index in [2.05, 4.69) is 15.4 Å². The molecule has 1 amide bonds. The molecule has 4 atom stereocenters. The van der Waals surface area contributed by atoms with Crippen molar-refractivity contribution in [1.29, 1.82) is 0 Å². The summed E-state index contributed by atoms with van der Waals surface area (Å²) in [6, 6.07) is -0.301. The second-order valence-corrected chi connectivity index (χ2v) is 6.95. The number of thioether (sulfide) groups is 1. The monoisotopic (exact) mass is 360 g/mol. The fraction of sp³-hybridized carbons (Fsp3) is 0.571. The molecule has 4 unspecified atom stereocenters. The number of carboxylic acids is 1. The molecular weight excluding hydrogens is 343 g/mol. The number of aryl methyl sites for hydroxylation is 1. The molecule has 3 heterocycles. The van der Waals surface area contributed by atoms with Crippen LogP contribution in [0.3, 0.4) is 0 Å². The average molecular weight is 360 g/mol. The van der Waals surface area contributed by atoms with Crippen LogP contribution in [-0.2, 0) is 16.0 Å². The van der Waals surface area contributed by atoms with E-state index in [9.17, 15) is 19.8 Å². The van der Waals surface area contributed by atoms with E-state index in [1.165, 1.54) is 16.7 Å². The maximum absolute atomic E-state index is 12.2. The number of carbonyl (C=O) groups is 2. The predicted octanol–water partition coefficient (Wildman–Crippen LogP) is -4.10. The third-order valence-electron chi connectivity index (χ3n) is 4.38. The zero-order chi connectivity index (χ0) is 16.7. The molecule has 1 aromatic rings. The number of carbonyl (C=O) groups excluding carboxylic acids is 2. The minimum atomic E-state index is -1.35. The Kier molecular flexibility index (Phi) is 6.14. The van der Waals surface area contributed by atoms with Crippen molar-refractivity contribution in [3.63, 3.8) is 0 Å². The molecule has 0 saturated carbocycles. The number of fused-ring (bicyclic) bond motifs is 1. The summed E-state index contributed by atoms with van der Waals surface area (Å²) >= 11 is 1.39. The van der Waals surface area contributed by atoms with Crippen molar-refractivity contribution in [2.75, 3.05) is 5.75 Å². The molecule has 0 aromatic carbocycles. The quantitative estimate of drug-likeness (QED) is 0.391. The summed E-state index contributed by atoms with van der Waals surface area (Å²) in [6.07, 6.45) is 1.46. The van der Waals surface area contributed by atoms with E-state index in [0.29, 0.717) is 17.1 Å². The first kappa shape index (κ1) is 19.5. The molecule has 1 aromatic heterocycles. The summed E-state index contributed by atoms with van der Waals surface area (Å²) in [7, 11) is 0. The molecule has 0 bridgehead atoms. The molecule has 10 heteroatoms. The smallest absolute Gasteiger partial charge is 0.543 e. The van der Waals surface area contributed by atoms with Gasteiger partial charge in [-0.2, -0.15) is 15.4 Å². The van der Waals surface area contributed by atoms with Gasteiger partial charge in [0.25, 0.3) is 0 Å². The van der Waals surface area contributed by atoms with Gasteiger partial charge in [0.2, 0.25) is 5.91 Å². The van der Waals surface area contributed by atoms with Gasteiger partial charge in [-0.1, -0.05) is 6.92 Å². The van der Waals surface area contributed by atoms with Crippen molar-refractivity contribution < 1.29 is 49.4 Å². The maximum atomic E-state index is 12.2. The number of nitrogens with one attached hydrogen (secondary N) is 1. The van der Waals surface area contributed by atoms with Crippen LogP contribution in [0.1, 0.15) is 19.5 Å². The minimum Gasteiger partial charge on any atom is -0.543 e. The van der Waals surface area contributed by atoms with Crippen molar-refractivity contribution in [1.82, 2.24) is 20.3 Å². The Bertz CT molecular complexity index is 664. The van der Waals surface area contributed by atoms with E-state index in [4.69, 9.17) is 0 Å². The van der Waals surface area contributed by atoms with Crippen LogP contribution in [-0.4, -0.2) is 55.2 Å². The standard InChI is InChI=1S/C14H18N4O4S.Na/c1-6-10-9(7(2)19)13(20)18(10)11(14(21)22)12(6)23-4-3-8-5-15-17-16-8;/h5-7,9-10,19H,3-4H2,1-2H3,(H,21,22)(H,15,16,17);/q;+1/p-1. The van der Waals surface area contributed by atoms with Crippen LogP contribution in [0.5, 0.6) is 0 Å². The molecule has 0 radical (unpaired) electrons. The Morgan fingerprint density at radius 1 is 1.58 bits per heavy atom. The molecule has 2 aliphatic heterocycles. The Hall–Kier alpha value is -0.870. The van der Waals surface area contributed by atoms with Gasteiger partial charge in [-0.05, 0) is 6.92 Å². The number of aliphatic hydroxyl groups excluding tert-OH is 1. The molecule has 124 valence electrons. The molecule has 3 rings (SSSR count). The van der Waals surface area contributed by atoms with Crippen molar-refractivity contribution in [3.8, 4) is 0 Å². The number of hydrogen-bond donors (Lipinski definition) is 2. The average Bonchev–Trinajstić information content (AvgIpc) is 3.05. The van der Waals surface area contributed by atoms with E-state index in [0.717, 1.165) is 5.69 Å². The molecule has 2 N–H and O–H groups in total. The molecule has 24 heavy (non-hydrogen) atoms. The summed E-state index contributed by atoms with van der Waals surface area (Å²) < 4.78 is 0. The molecule has 0 spiro atoms. The van der Waals surface area contributed by atoms with Gasteiger partial charge in [0.05, 0.1) is 41.6 Å². The van der Waals surface area contributed by atoms with Crippen LogP contribution in [0.4, 0.5) is 0 Å². The maximum Gasteiger partial charge on any atom is 1.00 e. The van der Waals surface area contributed by atoms with Gasteiger partial charge in [0.15, 0.2) is 0 Å². The van der Waals surface area contributed by atoms with Crippen LogP contribution >= 0.6 is 11.8 Å². The summed E-state index contributed by atoms with van der Waals surface area (Å²) in [6.45, 7) is 3.44. The Morgan fingerprint density at radius 2 is 2.29 bits per heavy atom. The van der Waals surface area contributed by atoms with E-state index < -0.39 is 18.0 Å². The Morgan fingerprint density at radius 3 is 2.83 bits per heavy atom. The topological polar surface area (TPSA) is 122 Å². The first-order valence-corrected chi connectivity index (χ1v) is 8.36. The molecular formula is C14H17N4NaO4S. The molecule has 2 aliphatic rings. The van der Waals surface area contributed by atoms with E-state index in [1.54, 1.807) is 13.1 Å². The third-order valence-corrected chi connectivity index (χ3v) is 5.67. The van der Waals surface area contributed by atoms with Crippen LogP contribution in [0.25, 0.3) is 0 Å². The predicted molar refractivity (Wildman–Crippen MR) is 79.5 cm³/mol. The number of amides is 1. The van der Waals surface area contributed by atoms with Crippen molar-refractivity contribution >= 4 is 23.6 Å². The number of H-pyrrole nitrogens is 1. The first-order valence-electron chi connectivity index (χ1n) is 7.37. The molecule has 8 nitrogen and oxygen atoms in total. The van der Waals surface area contributed by atoms with Crippen molar-refractivity contribution in [2.24, 2.45) is 11.8 Å². The molecule has 0 aliphatic carbocycles. The fourth-order valence-corrected chi connectivity index (χ4v) is 4.57. The van der Waals surface area contributed by atoms with Gasteiger partial charge in [0.1, 0.15) is 0 Å². The number of rotatable bonds is 6. The second-order valence-electron chi connectivity index (χ2n) is 5.81. The third kappa shape index (κ3) is 3.15. The van der Waals surface area contributed by atoms with Crippen LogP contribution < -0.4 is 34.7 Å². The second kappa shape index (κ2) is 7.57. The van der Waals surface area contributed by atoms with Crippen molar-refractivity contribution in [3.05, 3.63) is 22.5 Å². The minimum absolute atomic E-state index is 0. The number of hydrogen-bond acceptors (Lipinski definition) is 7. The van der Waals surface area contributed by atoms with Crippen LogP contribution in [0.2, 0.25) is 0 Å². The number of aromatic nitrogens is 3. The number of β-lactam (4-membered cyclic amide) rings is 1. The van der Waals surface area contributed by atoms with Gasteiger partial charge in [-0.25, -0.2) is 0 Å².